The van der Waals surface area contributed by atoms with E-state index in [1.165, 1.54) is 5.56 Å². The van der Waals surface area contributed by atoms with Crippen LogP contribution in [-0.4, -0.2) is 43.3 Å². The highest BCUT2D eigenvalue weighted by molar-refractivity contribution is 5.56. The molecule has 0 radical (unpaired) electrons. The monoisotopic (exact) mass is 356 g/mol. The van der Waals surface area contributed by atoms with Crippen molar-refractivity contribution >= 4 is 11.5 Å². The Bertz CT molecular complexity index is 751. The summed E-state index contributed by atoms with van der Waals surface area (Å²) < 4.78 is 10.7. The predicted molar refractivity (Wildman–Crippen MR) is 105 cm³/mol. The highest BCUT2D eigenvalue weighted by atomic mass is 16.5. The third-order valence-corrected chi connectivity index (χ3v) is 4.82. The van der Waals surface area contributed by atoms with Crippen LogP contribution in [0.5, 0.6) is 11.5 Å². The average molecular weight is 356 g/mol. The fraction of sp³-hybridized carbons (Fsp3) is 0.500. The van der Waals surface area contributed by atoms with E-state index in [2.05, 4.69) is 22.1 Å². The number of methoxy groups -OCH3 is 2. The van der Waals surface area contributed by atoms with Crippen LogP contribution in [0.15, 0.2) is 24.4 Å². The van der Waals surface area contributed by atoms with Gasteiger partial charge in [-0.3, -0.25) is 0 Å². The zero-order valence-electron chi connectivity index (χ0n) is 16.1. The zero-order valence-corrected chi connectivity index (χ0v) is 16.1. The molecule has 26 heavy (non-hydrogen) atoms. The van der Waals surface area contributed by atoms with Crippen molar-refractivity contribution in [2.24, 2.45) is 0 Å². The lowest BCUT2D eigenvalue weighted by molar-refractivity contribution is 0.355. The maximum absolute atomic E-state index is 5.41. The van der Waals surface area contributed by atoms with Crippen molar-refractivity contribution in [2.75, 3.05) is 37.5 Å². The van der Waals surface area contributed by atoms with E-state index >= 15 is 0 Å². The number of nitrogens with one attached hydrogen (secondary N) is 1. The Balaban J connectivity index is 1.74. The van der Waals surface area contributed by atoms with E-state index in [0.717, 1.165) is 61.2 Å². The summed E-state index contributed by atoms with van der Waals surface area (Å²) in [5, 5.41) is 3.64. The SMILES string of the molecule is CCc1cnc(C)nc1N1CCC[C@H](Nc2ccc(OC)c(OC)c2)C1. The number of hydrogen-bond acceptors (Lipinski definition) is 6. The van der Waals surface area contributed by atoms with Crippen LogP contribution in [0.1, 0.15) is 31.2 Å². The van der Waals surface area contributed by atoms with E-state index in [4.69, 9.17) is 14.5 Å². The van der Waals surface area contributed by atoms with Crippen LogP contribution in [0.25, 0.3) is 0 Å². The fourth-order valence-electron chi connectivity index (χ4n) is 3.46. The molecular formula is C20H28N4O2. The summed E-state index contributed by atoms with van der Waals surface area (Å²) in [5.74, 6) is 3.39. The second-order valence-electron chi connectivity index (χ2n) is 6.62. The smallest absolute Gasteiger partial charge is 0.162 e. The van der Waals surface area contributed by atoms with Gasteiger partial charge in [-0.15, -0.1) is 0 Å². The van der Waals surface area contributed by atoms with Crippen molar-refractivity contribution in [1.82, 2.24) is 9.97 Å². The standard InChI is InChI=1S/C20H28N4O2/c1-5-15-12-21-14(2)22-20(15)24-10-6-7-17(13-24)23-16-8-9-18(25-3)19(11-16)26-4/h8-9,11-12,17,23H,5-7,10,13H2,1-4H3/t17-/m0/s1. The van der Waals surface area contributed by atoms with Gasteiger partial charge in [-0.1, -0.05) is 6.92 Å². The average Bonchev–Trinajstić information content (AvgIpc) is 2.68. The first-order chi connectivity index (χ1) is 12.6. The van der Waals surface area contributed by atoms with Crippen LogP contribution >= 0.6 is 0 Å². The number of nitrogens with zero attached hydrogens (tertiary/aromatic N) is 3. The third kappa shape index (κ3) is 4.00. The molecule has 2 aromatic rings. The zero-order chi connectivity index (χ0) is 18.5. The van der Waals surface area contributed by atoms with Crippen LogP contribution in [0.3, 0.4) is 0 Å². The number of rotatable bonds is 6. The summed E-state index contributed by atoms with van der Waals surface area (Å²) in [5.41, 5.74) is 2.26. The molecule has 1 aromatic carbocycles. The van der Waals surface area contributed by atoms with Crippen molar-refractivity contribution in [3.05, 3.63) is 35.8 Å². The molecule has 1 aromatic heterocycles. The van der Waals surface area contributed by atoms with Crippen molar-refractivity contribution in [2.45, 2.75) is 39.2 Å². The van der Waals surface area contributed by atoms with Gasteiger partial charge < -0.3 is 19.7 Å². The number of anilines is 2. The summed E-state index contributed by atoms with van der Waals surface area (Å²) in [6.45, 7) is 6.07. The van der Waals surface area contributed by atoms with Crippen molar-refractivity contribution in [3.8, 4) is 11.5 Å². The second-order valence-corrected chi connectivity index (χ2v) is 6.62. The lowest BCUT2D eigenvalue weighted by atomic mass is 10.0. The normalized spacial score (nSPS) is 17.1. The van der Waals surface area contributed by atoms with Gasteiger partial charge in [0.15, 0.2) is 11.5 Å². The molecule has 1 aliphatic heterocycles. The fourth-order valence-corrected chi connectivity index (χ4v) is 3.46. The molecule has 0 aliphatic carbocycles. The summed E-state index contributed by atoms with van der Waals surface area (Å²) in [4.78, 5) is 11.4. The predicted octanol–water partition coefficient (Wildman–Crippen LogP) is 3.45. The topological polar surface area (TPSA) is 59.5 Å². The number of hydrogen-bond donors (Lipinski definition) is 1. The van der Waals surface area contributed by atoms with Crippen molar-refractivity contribution in [1.29, 1.82) is 0 Å². The number of aromatic nitrogens is 2. The molecule has 0 amide bonds. The van der Waals surface area contributed by atoms with Gasteiger partial charge >= 0.3 is 0 Å². The molecule has 0 spiro atoms. The lowest BCUT2D eigenvalue weighted by Crippen LogP contribution is -2.43. The lowest BCUT2D eigenvalue weighted by Gasteiger charge is -2.35. The summed E-state index contributed by atoms with van der Waals surface area (Å²) in [6.07, 6.45) is 5.18. The van der Waals surface area contributed by atoms with Crippen LogP contribution in [0.2, 0.25) is 0 Å². The Morgan fingerprint density at radius 3 is 2.77 bits per heavy atom. The van der Waals surface area contributed by atoms with Gasteiger partial charge in [0.05, 0.1) is 14.2 Å². The Morgan fingerprint density at radius 1 is 1.23 bits per heavy atom. The largest absolute Gasteiger partial charge is 0.493 e. The van der Waals surface area contributed by atoms with E-state index < -0.39 is 0 Å². The number of benzene rings is 1. The minimum absolute atomic E-state index is 0.363. The molecule has 6 nitrogen and oxygen atoms in total. The Kier molecular flexibility index (Phi) is 5.81. The molecule has 1 fully saturated rings. The van der Waals surface area contributed by atoms with Gasteiger partial charge in [0.25, 0.3) is 0 Å². The number of piperidine rings is 1. The molecule has 0 bridgehead atoms. The highest BCUT2D eigenvalue weighted by Gasteiger charge is 2.23. The van der Waals surface area contributed by atoms with Gasteiger partial charge in [-0.2, -0.15) is 0 Å². The molecule has 2 heterocycles. The van der Waals surface area contributed by atoms with Gasteiger partial charge in [0.1, 0.15) is 11.6 Å². The van der Waals surface area contributed by atoms with E-state index in [1.807, 2.05) is 31.3 Å². The van der Waals surface area contributed by atoms with E-state index in [0.29, 0.717) is 6.04 Å². The molecular weight excluding hydrogens is 328 g/mol. The molecule has 0 saturated carbocycles. The Morgan fingerprint density at radius 2 is 2.04 bits per heavy atom. The molecule has 1 N–H and O–H groups in total. The van der Waals surface area contributed by atoms with Crippen LogP contribution < -0.4 is 19.7 Å². The first-order valence-corrected chi connectivity index (χ1v) is 9.20. The third-order valence-electron chi connectivity index (χ3n) is 4.82. The van der Waals surface area contributed by atoms with Gasteiger partial charge in [-0.25, -0.2) is 9.97 Å². The molecule has 1 atom stereocenters. The van der Waals surface area contributed by atoms with Gasteiger partial charge in [0.2, 0.25) is 0 Å². The maximum Gasteiger partial charge on any atom is 0.162 e. The minimum atomic E-state index is 0.363. The summed E-state index contributed by atoms with van der Waals surface area (Å²) in [7, 11) is 3.31. The Hall–Kier alpha value is -2.50. The van der Waals surface area contributed by atoms with Crippen LogP contribution in [0, 0.1) is 6.92 Å². The first-order valence-electron chi connectivity index (χ1n) is 9.20. The second kappa shape index (κ2) is 8.25. The Labute approximate surface area is 155 Å². The van der Waals surface area contributed by atoms with E-state index in [-0.39, 0.29) is 0 Å². The molecule has 1 saturated heterocycles. The summed E-state index contributed by atoms with van der Waals surface area (Å²) >= 11 is 0. The minimum Gasteiger partial charge on any atom is -0.493 e. The maximum atomic E-state index is 5.41. The molecule has 1 aliphatic rings. The van der Waals surface area contributed by atoms with Crippen molar-refractivity contribution in [3.63, 3.8) is 0 Å². The molecule has 6 heteroatoms. The molecule has 0 unspecified atom stereocenters. The summed E-state index contributed by atoms with van der Waals surface area (Å²) in [6, 6.07) is 6.32. The van der Waals surface area contributed by atoms with E-state index in [9.17, 15) is 0 Å². The molecule has 140 valence electrons. The van der Waals surface area contributed by atoms with Crippen LogP contribution in [-0.2, 0) is 6.42 Å². The van der Waals surface area contributed by atoms with E-state index in [1.54, 1.807) is 14.2 Å². The number of ether oxygens (including phenoxy) is 2. The van der Waals surface area contributed by atoms with Crippen LogP contribution in [0.4, 0.5) is 11.5 Å². The van der Waals surface area contributed by atoms with Crippen molar-refractivity contribution < 1.29 is 9.47 Å². The first kappa shape index (κ1) is 18.3. The highest BCUT2D eigenvalue weighted by Crippen LogP contribution is 2.31. The number of aryl methyl sites for hydroxylation is 2. The molecule has 3 rings (SSSR count). The quantitative estimate of drug-likeness (QED) is 0.855. The van der Waals surface area contributed by atoms with Gasteiger partial charge in [-0.05, 0) is 38.3 Å². The van der Waals surface area contributed by atoms with Gasteiger partial charge in [0, 0.05) is 42.6 Å².